The van der Waals surface area contributed by atoms with Crippen molar-refractivity contribution in [2.24, 2.45) is 5.41 Å². The number of nitrogens with one attached hydrogen (secondary N) is 1. The fraction of sp³-hybridized carbons (Fsp3) is 0.783. The van der Waals surface area contributed by atoms with E-state index in [9.17, 15) is 4.79 Å². The van der Waals surface area contributed by atoms with Gasteiger partial charge in [-0.3, -0.25) is 4.79 Å². The molecule has 2 aliphatic carbocycles. The summed E-state index contributed by atoms with van der Waals surface area (Å²) in [5, 5.41) is 3.36. The predicted molar refractivity (Wildman–Crippen MR) is 114 cm³/mol. The van der Waals surface area contributed by atoms with E-state index < -0.39 is 0 Å². The van der Waals surface area contributed by atoms with Gasteiger partial charge in [-0.1, -0.05) is 32.1 Å². The van der Waals surface area contributed by atoms with E-state index in [4.69, 9.17) is 0 Å². The Morgan fingerprint density at radius 1 is 0.963 bits per heavy atom. The summed E-state index contributed by atoms with van der Waals surface area (Å²) in [6, 6.07) is 2.20. The van der Waals surface area contributed by atoms with Crippen LogP contribution in [0.25, 0.3) is 0 Å². The summed E-state index contributed by atoms with van der Waals surface area (Å²) >= 11 is 1.76. The summed E-state index contributed by atoms with van der Waals surface area (Å²) < 4.78 is 0. The molecule has 0 bridgehead atoms. The van der Waals surface area contributed by atoms with Crippen molar-refractivity contribution in [3.8, 4) is 0 Å². The third-order valence-corrected chi connectivity index (χ3v) is 8.25. The number of carbonyl (C=O) groups excluding carboxylic acids is 1. The van der Waals surface area contributed by atoms with E-state index in [-0.39, 0.29) is 5.91 Å². The molecule has 4 heteroatoms. The van der Waals surface area contributed by atoms with Gasteiger partial charge in [-0.25, -0.2) is 0 Å². The summed E-state index contributed by atoms with van der Waals surface area (Å²) in [4.78, 5) is 18.0. The van der Waals surface area contributed by atoms with Crippen molar-refractivity contribution in [1.29, 1.82) is 0 Å². The first kappa shape index (κ1) is 19.4. The van der Waals surface area contributed by atoms with Crippen molar-refractivity contribution >= 4 is 17.2 Å². The first-order chi connectivity index (χ1) is 13.2. The molecule has 1 amide bonds. The number of piperidine rings is 1. The lowest BCUT2D eigenvalue weighted by Gasteiger charge is -2.37. The number of amides is 1. The van der Waals surface area contributed by atoms with Crippen LogP contribution in [-0.2, 0) is 12.8 Å². The van der Waals surface area contributed by atoms with Gasteiger partial charge in [-0.15, -0.1) is 11.3 Å². The number of nitrogens with zero attached hydrogens (tertiary/aromatic N) is 1. The highest BCUT2D eigenvalue weighted by atomic mass is 32.1. The molecule has 1 N–H and O–H groups in total. The Hall–Kier alpha value is -0.870. The lowest BCUT2D eigenvalue weighted by atomic mass is 9.84. The fourth-order valence-electron chi connectivity index (χ4n) is 5.42. The number of rotatable bonds is 5. The topological polar surface area (TPSA) is 32.3 Å². The molecule has 0 spiro atoms. The highest BCUT2D eigenvalue weighted by Crippen LogP contribution is 2.39. The molecule has 1 saturated carbocycles. The van der Waals surface area contributed by atoms with Gasteiger partial charge < -0.3 is 10.2 Å². The summed E-state index contributed by atoms with van der Waals surface area (Å²) in [5.41, 5.74) is 1.77. The standard InChI is InChI=1S/C23H36N2OS/c26-22(21-16-19-10-4-1-2-5-11-20(19)27-21)24-17-23(12-6-7-13-23)18-25-14-8-3-9-15-25/h16H,1-15,17-18H2,(H,24,26). The van der Waals surface area contributed by atoms with Crippen LogP contribution in [0.15, 0.2) is 6.07 Å². The van der Waals surface area contributed by atoms with Gasteiger partial charge in [0.1, 0.15) is 0 Å². The summed E-state index contributed by atoms with van der Waals surface area (Å²) in [7, 11) is 0. The molecule has 3 nitrogen and oxygen atoms in total. The highest BCUT2D eigenvalue weighted by Gasteiger charge is 2.36. The van der Waals surface area contributed by atoms with Gasteiger partial charge in [-0.2, -0.15) is 0 Å². The Balaban J connectivity index is 1.37. The Bertz CT molecular complexity index is 601. The molecule has 2 fully saturated rings. The van der Waals surface area contributed by atoms with Gasteiger partial charge in [0.25, 0.3) is 5.91 Å². The van der Waals surface area contributed by atoms with Gasteiger partial charge in [0.15, 0.2) is 0 Å². The first-order valence-electron chi connectivity index (χ1n) is 11.4. The molecule has 1 aromatic rings. The maximum Gasteiger partial charge on any atom is 0.261 e. The van der Waals surface area contributed by atoms with Crippen molar-refractivity contribution in [2.75, 3.05) is 26.2 Å². The number of aryl methyl sites for hydroxylation is 2. The summed E-state index contributed by atoms with van der Waals surface area (Å²) in [6.07, 6.45) is 16.9. The van der Waals surface area contributed by atoms with Gasteiger partial charge in [-0.05, 0) is 76.1 Å². The van der Waals surface area contributed by atoms with Crippen LogP contribution >= 0.6 is 11.3 Å². The summed E-state index contributed by atoms with van der Waals surface area (Å²) in [6.45, 7) is 4.57. The Morgan fingerprint density at radius 3 is 2.44 bits per heavy atom. The third-order valence-electron chi connectivity index (χ3n) is 7.02. The molecular weight excluding hydrogens is 352 g/mol. The zero-order chi connectivity index (χ0) is 18.5. The normalized spacial score (nSPS) is 23.4. The van der Waals surface area contributed by atoms with E-state index in [1.54, 1.807) is 11.3 Å². The van der Waals surface area contributed by atoms with Crippen LogP contribution in [-0.4, -0.2) is 37.0 Å². The molecular formula is C23H36N2OS. The van der Waals surface area contributed by atoms with Crippen LogP contribution in [0.3, 0.4) is 0 Å². The van der Waals surface area contributed by atoms with Gasteiger partial charge >= 0.3 is 0 Å². The van der Waals surface area contributed by atoms with Crippen LogP contribution in [0.2, 0.25) is 0 Å². The molecule has 27 heavy (non-hydrogen) atoms. The van der Waals surface area contributed by atoms with E-state index in [0.717, 1.165) is 17.8 Å². The van der Waals surface area contributed by atoms with E-state index in [1.807, 2.05) is 0 Å². The lowest BCUT2D eigenvalue weighted by Crippen LogP contribution is -2.45. The van der Waals surface area contributed by atoms with Crippen LogP contribution in [0, 0.1) is 5.41 Å². The summed E-state index contributed by atoms with van der Waals surface area (Å²) in [5.74, 6) is 0.177. The van der Waals surface area contributed by atoms with Crippen molar-refractivity contribution < 1.29 is 4.79 Å². The second-order valence-electron chi connectivity index (χ2n) is 9.20. The maximum atomic E-state index is 12.9. The molecule has 150 valence electrons. The van der Waals surface area contributed by atoms with Gasteiger partial charge in [0.05, 0.1) is 4.88 Å². The lowest BCUT2D eigenvalue weighted by molar-refractivity contribution is 0.0894. The van der Waals surface area contributed by atoms with Gasteiger partial charge in [0, 0.05) is 23.4 Å². The number of fused-ring (bicyclic) bond motifs is 1. The Morgan fingerprint density at radius 2 is 1.67 bits per heavy atom. The van der Waals surface area contributed by atoms with Crippen LogP contribution in [0.5, 0.6) is 0 Å². The number of carbonyl (C=O) groups is 1. The molecule has 0 unspecified atom stereocenters. The smallest absolute Gasteiger partial charge is 0.261 e. The Labute approximate surface area is 168 Å². The van der Waals surface area contributed by atoms with Crippen molar-refractivity contribution in [1.82, 2.24) is 10.2 Å². The number of likely N-dealkylation sites (tertiary alicyclic amines) is 1. The largest absolute Gasteiger partial charge is 0.351 e. The van der Waals surface area contributed by atoms with E-state index in [0.29, 0.717) is 5.41 Å². The molecule has 0 radical (unpaired) electrons. The average molecular weight is 389 g/mol. The zero-order valence-electron chi connectivity index (χ0n) is 16.9. The predicted octanol–water partition coefficient (Wildman–Crippen LogP) is 5.18. The quantitative estimate of drug-likeness (QED) is 0.753. The number of hydrogen-bond donors (Lipinski definition) is 1. The Kier molecular flexibility index (Phi) is 6.54. The minimum Gasteiger partial charge on any atom is -0.351 e. The fourth-order valence-corrected chi connectivity index (χ4v) is 6.59. The average Bonchev–Trinajstić information content (AvgIpc) is 3.28. The molecule has 1 saturated heterocycles. The van der Waals surface area contributed by atoms with Gasteiger partial charge in [0.2, 0.25) is 0 Å². The zero-order valence-corrected chi connectivity index (χ0v) is 17.7. The molecule has 1 aliphatic heterocycles. The van der Waals surface area contributed by atoms with Crippen molar-refractivity contribution in [3.63, 3.8) is 0 Å². The molecule has 1 aromatic heterocycles. The van der Waals surface area contributed by atoms with Crippen molar-refractivity contribution in [2.45, 2.75) is 83.5 Å². The molecule has 0 aromatic carbocycles. The number of thiophene rings is 1. The van der Waals surface area contributed by atoms with E-state index >= 15 is 0 Å². The second-order valence-corrected chi connectivity index (χ2v) is 10.3. The molecule has 0 atom stereocenters. The third kappa shape index (κ3) is 4.95. The highest BCUT2D eigenvalue weighted by molar-refractivity contribution is 7.14. The first-order valence-corrected chi connectivity index (χ1v) is 12.2. The molecule has 2 heterocycles. The van der Waals surface area contributed by atoms with E-state index in [1.165, 1.54) is 107 Å². The monoisotopic (exact) mass is 388 g/mol. The maximum absolute atomic E-state index is 12.9. The van der Waals surface area contributed by atoms with Crippen LogP contribution in [0.4, 0.5) is 0 Å². The molecule has 4 rings (SSSR count). The SMILES string of the molecule is O=C(NCC1(CN2CCCCC2)CCCC1)c1cc2c(s1)CCCCCC2. The number of hydrogen-bond acceptors (Lipinski definition) is 3. The van der Waals surface area contributed by atoms with Crippen LogP contribution < -0.4 is 5.32 Å². The minimum atomic E-state index is 0.177. The van der Waals surface area contributed by atoms with E-state index in [2.05, 4.69) is 16.3 Å². The van der Waals surface area contributed by atoms with Crippen molar-refractivity contribution in [3.05, 3.63) is 21.4 Å². The van der Waals surface area contributed by atoms with Crippen LogP contribution in [0.1, 0.15) is 90.7 Å². The molecule has 3 aliphatic rings. The minimum absolute atomic E-state index is 0.177. The second kappa shape index (κ2) is 9.09.